The van der Waals surface area contributed by atoms with E-state index in [-0.39, 0.29) is 46.8 Å². The summed E-state index contributed by atoms with van der Waals surface area (Å²) in [6.45, 7) is 6.16. The molecular weight excluding hydrogens is 421 g/mol. The number of piperidine rings is 1. The SMILES string of the molecule is CC(C)COc1cc([C@@H](C)CS(=O)(=O)CCCCCC2CCC(=O)NC2=O)ccc1F. The molecule has 174 valence electrons. The minimum absolute atomic E-state index is 0.00457. The van der Waals surface area contributed by atoms with Gasteiger partial charge in [0.25, 0.3) is 0 Å². The molecule has 1 aliphatic rings. The first kappa shape index (κ1) is 25.3. The lowest BCUT2D eigenvalue weighted by atomic mass is 9.92. The van der Waals surface area contributed by atoms with E-state index < -0.39 is 15.7 Å². The predicted molar refractivity (Wildman–Crippen MR) is 118 cm³/mol. The van der Waals surface area contributed by atoms with Gasteiger partial charge >= 0.3 is 0 Å². The number of ether oxygens (including phenoxy) is 1. The van der Waals surface area contributed by atoms with Gasteiger partial charge in [-0.2, -0.15) is 0 Å². The molecule has 8 heteroatoms. The first-order valence-electron chi connectivity index (χ1n) is 11.0. The molecule has 0 aromatic heterocycles. The van der Waals surface area contributed by atoms with E-state index in [2.05, 4.69) is 5.32 Å². The van der Waals surface area contributed by atoms with E-state index in [1.165, 1.54) is 6.07 Å². The van der Waals surface area contributed by atoms with E-state index in [0.29, 0.717) is 32.3 Å². The van der Waals surface area contributed by atoms with Gasteiger partial charge in [-0.1, -0.05) is 39.7 Å². The molecule has 1 heterocycles. The molecular formula is C23H34FNO5S. The Hall–Kier alpha value is -1.96. The number of rotatable bonds is 12. The summed E-state index contributed by atoms with van der Waals surface area (Å²) in [6, 6.07) is 4.53. The zero-order valence-corrected chi connectivity index (χ0v) is 19.5. The molecule has 1 saturated heterocycles. The van der Waals surface area contributed by atoms with Crippen LogP contribution in [0.25, 0.3) is 0 Å². The molecule has 6 nitrogen and oxygen atoms in total. The highest BCUT2D eigenvalue weighted by atomic mass is 32.2. The smallest absolute Gasteiger partial charge is 0.229 e. The molecule has 2 atom stereocenters. The number of unbranched alkanes of at least 4 members (excludes halogenated alkanes) is 2. The Balaban J connectivity index is 1.78. The van der Waals surface area contributed by atoms with Crippen molar-refractivity contribution in [2.24, 2.45) is 11.8 Å². The van der Waals surface area contributed by atoms with Crippen LogP contribution in [-0.4, -0.2) is 38.3 Å². The lowest BCUT2D eigenvalue weighted by molar-refractivity contribution is -0.136. The van der Waals surface area contributed by atoms with Gasteiger partial charge < -0.3 is 4.74 Å². The van der Waals surface area contributed by atoms with E-state index in [9.17, 15) is 22.4 Å². The Morgan fingerprint density at radius 3 is 2.58 bits per heavy atom. The van der Waals surface area contributed by atoms with Gasteiger partial charge in [-0.3, -0.25) is 14.9 Å². The number of hydrogen-bond donors (Lipinski definition) is 1. The maximum absolute atomic E-state index is 14.0. The van der Waals surface area contributed by atoms with Crippen LogP contribution in [0, 0.1) is 17.7 Å². The maximum atomic E-state index is 14.0. The van der Waals surface area contributed by atoms with Crippen molar-refractivity contribution >= 4 is 21.7 Å². The van der Waals surface area contributed by atoms with Crippen LogP contribution >= 0.6 is 0 Å². The van der Waals surface area contributed by atoms with E-state index >= 15 is 0 Å². The van der Waals surface area contributed by atoms with Crippen LogP contribution < -0.4 is 10.1 Å². The Morgan fingerprint density at radius 1 is 1.16 bits per heavy atom. The van der Waals surface area contributed by atoms with Crippen molar-refractivity contribution in [3.05, 3.63) is 29.6 Å². The van der Waals surface area contributed by atoms with Gasteiger partial charge in [0.15, 0.2) is 21.4 Å². The van der Waals surface area contributed by atoms with Gasteiger partial charge in [0, 0.05) is 12.3 Å². The third-order valence-corrected chi connectivity index (χ3v) is 7.38. The Kier molecular flexibility index (Phi) is 9.47. The van der Waals surface area contributed by atoms with E-state index in [4.69, 9.17) is 4.74 Å². The maximum Gasteiger partial charge on any atom is 0.229 e. The summed E-state index contributed by atoms with van der Waals surface area (Å²) in [7, 11) is -3.26. The second kappa shape index (κ2) is 11.6. The summed E-state index contributed by atoms with van der Waals surface area (Å²) in [5.41, 5.74) is 0.738. The number of amides is 2. The van der Waals surface area contributed by atoms with Gasteiger partial charge in [0.05, 0.1) is 18.1 Å². The van der Waals surface area contributed by atoms with Gasteiger partial charge in [-0.15, -0.1) is 0 Å². The molecule has 2 amide bonds. The monoisotopic (exact) mass is 455 g/mol. The van der Waals surface area contributed by atoms with Crippen LogP contribution in [0.3, 0.4) is 0 Å². The number of carbonyl (C=O) groups excluding carboxylic acids is 2. The van der Waals surface area contributed by atoms with Crippen molar-refractivity contribution in [2.75, 3.05) is 18.1 Å². The van der Waals surface area contributed by atoms with Crippen molar-refractivity contribution in [3.8, 4) is 5.75 Å². The summed E-state index contributed by atoms with van der Waals surface area (Å²) in [5.74, 6) is -0.805. The fourth-order valence-electron chi connectivity index (χ4n) is 3.66. The molecule has 0 saturated carbocycles. The van der Waals surface area contributed by atoms with Gasteiger partial charge in [0.2, 0.25) is 11.8 Å². The summed E-state index contributed by atoms with van der Waals surface area (Å²) in [6.07, 6.45) is 3.62. The third-order valence-electron chi connectivity index (χ3n) is 5.46. The molecule has 1 aliphatic heterocycles. The fourth-order valence-corrected chi connectivity index (χ4v) is 5.42. The number of halogens is 1. The fraction of sp³-hybridized carbons (Fsp3) is 0.652. The molecule has 2 rings (SSSR count). The summed E-state index contributed by atoms with van der Waals surface area (Å²) < 4.78 is 44.5. The van der Waals surface area contributed by atoms with Gasteiger partial charge in [-0.25, -0.2) is 12.8 Å². The highest BCUT2D eigenvalue weighted by Gasteiger charge is 2.26. The summed E-state index contributed by atoms with van der Waals surface area (Å²) >= 11 is 0. The number of carbonyl (C=O) groups is 2. The molecule has 1 N–H and O–H groups in total. The molecule has 31 heavy (non-hydrogen) atoms. The minimum Gasteiger partial charge on any atom is -0.490 e. The molecule has 1 aromatic carbocycles. The van der Waals surface area contributed by atoms with Crippen molar-refractivity contribution in [2.45, 2.75) is 65.2 Å². The third kappa shape index (κ3) is 8.59. The zero-order valence-electron chi connectivity index (χ0n) is 18.7. The van der Waals surface area contributed by atoms with E-state index in [1.54, 1.807) is 12.1 Å². The van der Waals surface area contributed by atoms with Crippen LogP contribution in [0.4, 0.5) is 4.39 Å². The van der Waals surface area contributed by atoms with Crippen LogP contribution in [-0.2, 0) is 19.4 Å². The lowest BCUT2D eigenvalue weighted by Gasteiger charge is -2.20. The van der Waals surface area contributed by atoms with Gasteiger partial charge in [0.1, 0.15) is 0 Å². The van der Waals surface area contributed by atoms with Gasteiger partial charge in [-0.05, 0) is 48.8 Å². The highest BCUT2D eigenvalue weighted by molar-refractivity contribution is 7.91. The minimum atomic E-state index is -3.26. The van der Waals surface area contributed by atoms with Crippen molar-refractivity contribution < 1.29 is 27.1 Å². The number of sulfone groups is 1. The Morgan fingerprint density at radius 2 is 1.90 bits per heavy atom. The molecule has 0 spiro atoms. The molecule has 0 aliphatic carbocycles. The standard InChI is InChI=1S/C23H34FNO5S/c1-16(2)14-30-21-13-19(8-10-20(21)24)17(3)15-31(28,29)12-6-4-5-7-18-9-11-22(26)25-23(18)27/h8,10,13,16-18H,4-7,9,11-12,14-15H2,1-3H3,(H,25,26,27)/t17-,18?/m0/s1. The highest BCUT2D eigenvalue weighted by Crippen LogP contribution is 2.26. The van der Waals surface area contributed by atoms with E-state index in [1.807, 2.05) is 20.8 Å². The molecule has 1 fully saturated rings. The average Bonchev–Trinajstić information content (AvgIpc) is 2.68. The zero-order chi connectivity index (χ0) is 23.0. The Bertz CT molecular complexity index is 869. The van der Waals surface area contributed by atoms with Crippen LogP contribution in [0.1, 0.15) is 70.8 Å². The number of imide groups is 1. The lowest BCUT2D eigenvalue weighted by Crippen LogP contribution is -2.40. The van der Waals surface area contributed by atoms with Crippen LogP contribution in [0.2, 0.25) is 0 Å². The van der Waals surface area contributed by atoms with Crippen molar-refractivity contribution in [1.29, 1.82) is 0 Å². The summed E-state index contributed by atoms with van der Waals surface area (Å²) in [4.78, 5) is 22.9. The largest absolute Gasteiger partial charge is 0.490 e. The quantitative estimate of drug-likeness (QED) is 0.380. The number of nitrogens with one attached hydrogen (secondary N) is 1. The molecule has 0 radical (unpaired) electrons. The molecule has 0 bridgehead atoms. The summed E-state index contributed by atoms with van der Waals surface area (Å²) in [5, 5.41) is 2.35. The second-order valence-electron chi connectivity index (χ2n) is 8.91. The second-order valence-corrected chi connectivity index (χ2v) is 11.1. The number of benzene rings is 1. The topological polar surface area (TPSA) is 89.5 Å². The first-order chi connectivity index (χ1) is 14.6. The average molecular weight is 456 g/mol. The van der Waals surface area contributed by atoms with Crippen molar-refractivity contribution in [1.82, 2.24) is 5.32 Å². The molecule has 1 unspecified atom stereocenters. The van der Waals surface area contributed by atoms with Crippen LogP contribution in [0.5, 0.6) is 5.75 Å². The number of hydrogen-bond acceptors (Lipinski definition) is 5. The molecule has 1 aromatic rings. The van der Waals surface area contributed by atoms with Crippen molar-refractivity contribution in [3.63, 3.8) is 0 Å². The van der Waals surface area contributed by atoms with Crippen LogP contribution in [0.15, 0.2) is 18.2 Å². The normalized spacial score (nSPS) is 18.2. The predicted octanol–water partition coefficient (Wildman–Crippen LogP) is 3.99. The van der Waals surface area contributed by atoms with E-state index in [0.717, 1.165) is 18.4 Å². The first-order valence-corrected chi connectivity index (χ1v) is 12.9. The Labute approximate surface area is 184 Å².